The molecule has 3 N–H and O–H groups in total. The highest BCUT2D eigenvalue weighted by atomic mass is 32.2. The zero-order valence-electron chi connectivity index (χ0n) is 34.7. The molecule has 1 aromatic heterocycles. The van der Waals surface area contributed by atoms with E-state index in [9.17, 15) is 40.8 Å². The number of ether oxygens (including phenoxy) is 4. The number of fused-ring (bicyclic) bond motifs is 3. The fourth-order valence-electron chi connectivity index (χ4n) is 7.80. The first kappa shape index (κ1) is 44.8. The van der Waals surface area contributed by atoms with E-state index >= 15 is 0 Å². The van der Waals surface area contributed by atoms with Crippen LogP contribution in [0.5, 0.6) is 11.6 Å². The van der Waals surface area contributed by atoms with E-state index in [4.69, 9.17) is 18.9 Å². The molecule has 4 aliphatic rings. The monoisotopic (exact) mass is 866 g/mol. The fourth-order valence-corrected chi connectivity index (χ4v) is 9.11. The number of alkyl carbamates (subject to hydrolysis) is 1. The molecule has 2 aliphatic carbocycles. The number of nitrogens with zero attached hydrogens (tertiary/aromatic N) is 3. The summed E-state index contributed by atoms with van der Waals surface area (Å²) in [7, 11) is -1.31. The number of methoxy groups -OCH3 is 2. The minimum Gasteiger partial charge on any atom is -0.497 e. The lowest BCUT2D eigenvalue weighted by Gasteiger charge is -2.34. The van der Waals surface area contributed by atoms with E-state index in [1.54, 1.807) is 26.8 Å². The van der Waals surface area contributed by atoms with Gasteiger partial charge in [-0.25, -0.2) is 23.2 Å². The number of carbonyl (C=O) groups excluding carboxylic acids is 4. The van der Waals surface area contributed by atoms with E-state index in [1.165, 1.54) is 39.3 Å². The number of sulfonamides is 1. The van der Waals surface area contributed by atoms with Crippen molar-refractivity contribution in [1.82, 2.24) is 30.2 Å². The van der Waals surface area contributed by atoms with Crippen LogP contribution in [-0.4, -0.2) is 109 Å². The SMILES string of the molecule is COC[C@@H]1C[C@H](C)CC/C=C\C2C[C@@]2(C(=O)NS(=O)(=O)C2(C)CC2)NC(=O)[C@@H]2C[C@@H](Oc3nc4cc(OC)ccc4nc3C(F)(F)F)CN2C(=O)[C@H]1NC(=O)OC(C)(C)C. The fraction of sp³-hybridized carbons (Fsp3) is 0.650. The highest BCUT2D eigenvalue weighted by molar-refractivity contribution is 7.91. The number of amides is 4. The van der Waals surface area contributed by atoms with Crippen molar-refractivity contribution in [2.45, 2.75) is 120 Å². The van der Waals surface area contributed by atoms with Crippen molar-refractivity contribution in [2.24, 2.45) is 17.8 Å². The predicted molar refractivity (Wildman–Crippen MR) is 210 cm³/mol. The summed E-state index contributed by atoms with van der Waals surface area (Å²) in [5.41, 5.74) is -4.18. The molecule has 3 fully saturated rings. The predicted octanol–water partition coefficient (Wildman–Crippen LogP) is 4.41. The standard InChI is InChI=1S/C40H53F3N6O10S/c1-22-10-8-9-11-24-19-39(24,35(52)48-60(54,55)38(5)14-15-38)47-32(50)29-18-26(58-33-31(40(41,42)43)44-27-13-12-25(57-7)17-28(27)45-33)20-49(29)34(51)30(23(16-22)21-56-6)46-36(53)59-37(2,3)4/h9,11-13,17,22-24,26,29-30H,8,10,14-16,18-21H2,1-7H3,(H,46,53)(H,47,50)(H,48,52)/b11-9-/t22-,23+,24?,26-,29+,30+,39-/m1/s1. The first-order chi connectivity index (χ1) is 28.0. The molecule has 330 valence electrons. The zero-order chi connectivity index (χ0) is 44.0. The zero-order valence-corrected chi connectivity index (χ0v) is 35.5. The maximum absolute atomic E-state index is 15.0. The van der Waals surface area contributed by atoms with Crippen molar-refractivity contribution >= 4 is 44.9 Å². The van der Waals surface area contributed by atoms with Crippen molar-refractivity contribution in [3.8, 4) is 11.6 Å². The normalized spacial score (nSPS) is 28.9. The van der Waals surface area contributed by atoms with Gasteiger partial charge in [-0.3, -0.25) is 19.1 Å². The number of halogens is 3. The Morgan fingerprint density at radius 3 is 2.42 bits per heavy atom. The van der Waals surface area contributed by atoms with Crippen LogP contribution in [0.3, 0.4) is 0 Å². The van der Waals surface area contributed by atoms with Gasteiger partial charge in [-0.05, 0) is 84.3 Å². The Bertz CT molecular complexity index is 2140. The number of carbonyl (C=O) groups is 4. The van der Waals surface area contributed by atoms with E-state index in [-0.39, 0.29) is 36.4 Å². The van der Waals surface area contributed by atoms with Gasteiger partial charge >= 0.3 is 12.3 Å². The number of benzene rings is 1. The maximum atomic E-state index is 15.0. The van der Waals surface area contributed by atoms with Crippen molar-refractivity contribution < 1.29 is 59.7 Å². The van der Waals surface area contributed by atoms with Gasteiger partial charge in [-0.1, -0.05) is 19.1 Å². The molecule has 1 unspecified atom stereocenters. The Morgan fingerprint density at radius 1 is 1.07 bits per heavy atom. The Kier molecular flexibility index (Phi) is 12.4. The Morgan fingerprint density at radius 2 is 1.78 bits per heavy atom. The van der Waals surface area contributed by atoms with Crippen molar-refractivity contribution in [2.75, 3.05) is 27.4 Å². The van der Waals surface area contributed by atoms with E-state index in [0.29, 0.717) is 37.9 Å². The number of alkyl halides is 3. The Balaban J connectivity index is 1.41. The molecule has 0 spiro atoms. The van der Waals surface area contributed by atoms with Gasteiger partial charge in [0.2, 0.25) is 33.4 Å². The van der Waals surface area contributed by atoms with Crippen molar-refractivity contribution in [1.29, 1.82) is 0 Å². The first-order valence-corrected chi connectivity index (χ1v) is 21.4. The van der Waals surface area contributed by atoms with Crippen LogP contribution in [0.2, 0.25) is 0 Å². The summed E-state index contributed by atoms with van der Waals surface area (Å²) in [6, 6.07) is 1.28. The summed E-state index contributed by atoms with van der Waals surface area (Å²) in [4.78, 5) is 65.8. The number of hydrogen-bond donors (Lipinski definition) is 3. The number of aromatic nitrogens is 2. The molecule has 0 bridgehead atoms. The lowest BCUT2D eigenvalue weighted by atomic mass is 9.87. The summed E-state index contributed by atoms with van der Waals surface area (Å²) in [6.45, 7) is 7.96. The van der Waals surface area contributed by atoms with Crippen LogP contribution in [0, 0.1) is 17.8 Å². The minimum atomic E-state index is -5.02. The van der Waals surface area contributed by atoms with E-state index in [0.717, 1.165) is 4.90 Å². The second-order valence-corrected chi connectivity index (χ2v) is 19.7. The van der Waals surface area contributed by atoms with Gasteiger partial charge in [0.25, 0.3) is 5.91 Å². The summed E-state index contributed by atoms with van der Waals surface area (Å²) >= 11 is 0. The number of allylic oxidation sites excluding steroid dienone is 1. The first-order valence-electron chi connectivity index (χ1n) is 19.9. The van der Waals surface area contributed by atoms with Gasteiger partial charge in [-0.2, -0.15) is 13.2 Å². The number of nitrogens with one attached hydrogen (secondary N) is 3. The van der Waals surface area contributed by atoms with E-state index in [1.807, 2.05) is 13.0 Å². The van der Waals surface area contributed by atoms with Crippen LogP contribution in [0.15, 0.2) is 30.4 Å². The smallest absolute Gasteiger partial charge is 0.438 e. The van der Waals surface area contributed by atoms with E-state index in [2.05, 4.69) is 25.3 Å². The van der Waals surface area contributed by atoms with Crippen molar-refractivity contribution in [3.63, 3.8) is 0 Å². The third-order valence-corrected chi connectivity index (χ3v) is 13.7. The maximum Gasteiger partial charge on any atom is 0.438 e. The molecular weight excluding hydrogens is 814 g/mol. The summed E-state index contributed by atoms with van der Waals surface area (Å²) in [5.74, 6) is -4.53. The second kappa shape index (κ2) is 16.6. The molecule has 2 aromatic rings. The molecule has 16 nitrogen and oxygen atoms in total. The van der Waals surface area contributed by atoms with Gasteiger partial charge < -0.3 is 34.5 Å². The van der Waals surface area contributed by atoms with Crippen molar-refractivity contribution in [3.05, 3.63) is 36.0 Å². The summed E-state index contributed by atoms with van der Waals surface area (Å²) in [6.07, 6.45) is -1.72. The lowest BCUT2D eigenvalue weighted by Crippen LogP contribution is -2.60. The van der Waals surface area contributed by atoms with Gasteiger partial charge in [0.1, 0.15) is 35.1 Å². The van der Waals surface area contributed by atoms with Crippen LogP contribution in [-0.2, 0) is 40.1 Å². The molecule has 0 radical (unpaired) electrons. The van der Waals surface area contributed by atoms with E-state index < -0.39 is 104 Å². The summed E-state index contributed by atoms with van der Waals surface area (Å²) < 4.78 is 93.2. The lowest BCUT2D eigenvalue weighted by molar-refractivity contribution is -0.143. The average molecular weight is 867 g/mol. The molecular formula is C40H53F3N6O10S. The highest BCUT2D eigenvalue weighted by Gasteiger charge is 2.63. The second-order valence-electron chi connectivity index (χ2n) is 17.6. The molecule has 7 atom stereocenters. The third kappa shape index (κ3) is 9.74. The molecule has 6 rings (SSSR count). The molecule has 2 aliphatic heterocycles. The third-order valence-electron chi connectivity index (χ3n) is 11.5. The molecule has 1 saturated heterocycles. The quantitative estimate of drug-likeness (QED) is 0.300. The van der Waals surface area contributed by atoms with Gasteiger partial charge in [0, 0.05) is 31.4 Å². The highest BCUT2D eigenvalue weighted by Crippen LogP contribution is 2.48. The molecule has 3 heterocycles. The molecule has 2 saturated carbocycles. The average Bonchev–Trinajstić information content (AvgIpc) is 4.03. The van der Waals surface area contributed by atoms with Gasteiger partial charge in [0.15, 0.2) is 0 Å². The molecule has 4 amide bonds. The minimum absolute atomic E-state index is 0.000843. The van der Waals surface area contributed by atoms with Crippen LogP contribution >= 0.6 is 0 Å². The topological polar surface area (TPSA) is 204 Å². The Hall–Kier alpha value is -4.72. The van der Waals surface area contributed by atoms with Crippen LogP contribution in [0.1, 0.15) is 85.3 Å². The van der Waals surface area contributed by atoms with Crippen LogP contribution in [0.25, 0.3) is 11.0 Å². The van der Waals surface area contributed by atoms with Crippen LogP contribution < -0.4 is 24.8 Å². The number of rotatable bonds is 9. The Labute approximate surface area is 346 Å². The van der Waals surface area contributed by atoms with Crippen LogP contribution in [0.4, 0.5) is 18.0 Å². The molecule has 1 aromatic carbocycles. The largest absolute Gasteiger partial charge is 0.497 e. The number of hydrogen-bond acceptors (Lipinski definition) is 12. The van der Waals surface area contributed by atoms with Gasteiger partial charge in [-0.15, -0.1) is 0 Å². The molecule has 20 heteroatoms. The summed E-state index contributed by atoms with van der Waals surface area (Å²) in [5, 5.41) is 5.42. The van der Waals surface area contributed by atoms with Gasteiger partial charge in [0.05, 0.1) is 36.0 Å². The molecule has 60 heavy (non-hydrogen) atoms.